The zero-order valence-electron chi connectivity index (χ0n) is 14.4. The molecule has 4 N–H and O–H groups in total. The molecule has 0 saturated carbocycles. The Morgan fingerprint density at radius 3 is 2.45 bits per heavy atom. The fourth-order valence-corrected chi connectivity index (χ4v) is 2.02. The zero-order chi connectivity index (χ0) is 17.0. The zero-order valence-corrected chi connectivity index (χ0v) is 14.4. The summed E-state index contributed by atoms with van der Waals surface area (Å²) in [5.41, 5.74) is 8.05. The molecule has 124 valence electrons. The molecule has 0 heterocycles. The predicted octanol–water partition coefficient (Wildman–Crippen LogP) is 1.99. The molecule has 1 amide bonds. The Labute approximate surface area is 134 Å². The Balaban J connectivity index is 2.65. The van der Waals surface area contributed by atoms with E-state index in [0.29, 0.717) is 13.0 Å². The predicted molar refractivity (Wildman–Crippen MR) is 90.7 cm³/mol. The molecular formula is C18H30N2O2. The van der Waals surface area contributed by atoms with E-state index in [1.54, 1.807) is 0 Å². The molecule has 4 heteroatoms. The molecule has 0 saturated heterocycles. The third-order valence-electron chi connectivity index (χ3n) is 3.75. The maximum atomic E-state index is 12.1. The lowest BCUT2D eigenvalue weighted by molar-refractivity contribution is -0.122. The third kappa shape index (κ3) is 5.78. The number of carbonyl (C=O) groups excluding carboxylic acids is 1. The number of nitrogens with one attached hydrogen (secondary N) is 1. The van der Waals surface area contributed by atoms with E-state index < -0.39 is 6.04 Å². The van der Waals surface area contributed by atoms with E-state index in [4.69, 9.17) is 5.73 Å². The van der Waals surface area contributed by atoms with E-state index >= 15 is 0 Å². The van der Waals surface area contributed by atoms with Crippen molar-refractivity contribution in [2.75, 3.05) is 13.2 Å². The van der Waals surface area contributed by atoms with Crippen LogP contribution in [0.5, 0.6) is 0 Å². The van der Waals surface area contributed by atoms with Crippen LogP contribution in [0.2, 0.25) is 0 Å². The molecule has 0 fully saturated rings. The van der Waals surface area contributed by atoms with Crippen molar-refractivity contribution >= 4 is 5.91 Å². The van der Waals surface area contributed by atoms with Gasteiger partial charge < -0.3 is 16.2 Å². The molecule has 0 aliphatic rings. The van der Waals surface area contributed by atoms with Crippen molar-refractivity contribution in [3.63, 3.8) is 0 Å². The standard InChI is InChI=1S/C18H30N2O2/c1-17(2,3)14-8-6-7-13(9-14)10-15(19)16(22)20-11-18(4,5)12-21/h6-9,15,21H,10-12,19H2,1-5H3,(H,20,22). The van der Waals surface area contributed by atoms with Crippen molar-refractivity contribution in [1.29, 1.82) is 0 Å². The molecule has 1 unspecified atom stereocenters. The normalized spacial score (nSPS) is 13.8. The quantitative estimate of drug-likeness (QED) is 0.752. The number of benzene rings is 1. The fraction of sp³-hybridized carbons (Fsp3) is 0.611. The summed E-state index contributed by atoms with van der Waals surface area (Å²) in [6.07, 6.45) is 0.509. The van der Waals surface area contributed by atoms with Gasteiger partial charge in [0.2, 0.25) is 5.91 Å². The monoisotopic (exact) mass is 306 g/mol. The van der Waals surface area contributed by atoms with Crippen LogP contribution >= 0.6 is 0 Å². The van der Waals surface area contributed by atoms with Gasteiger partial charge in [0.15, 0.2) is 0 Å². The van der Waals surface area contributed by atoms with Gasteiger partial charge in [-0.25, -0.2) is 0 Å². The summed E-state index contributed by atoms with van der Waals surface area (Å²) in [5.74, 6) is -0.178. The lowest BCUT2D eigenvalue weighted by Crippen LogP contribution is -2.45. The van der Waals surface area contributed by atoms with Crippen molar-refractivity contribution in [3.05, 3.63) is 35.4 Å². The first-order valence-corrected chi connectivity index (χ1v) is 7.79. The Morgan fingerprint density at radius 1 is 1.27 bits per heavy atom. The van der Waals surface area contributed by atoms with Crippen molar-refractivity contribution < 1.29 is 9.90 Å². The van der Waals surface area contributed by atoms with Gasteiger partial charge in [-0.3, -0.25) is 4.79 Å². The van der Waals surface area contributed by atoms with Crippen LogP contribution in [0.4, 0.5) is 0 Å². The number of hydrogen-bond acceptors (Lipinski definition) is 3. The molecule has 1 atom stereocenters. The van der Waals surface area contributed by atoms with Gasteiger partial charge in [0, 0.05) is 18.6 Å². The second kappa shape index (κ2) is 7.25. The first kappa shape index (κ1) is 18.7. The molecular weight excluding hydrogens is 276 g/mol. The smallest absolute Gasteiger partial charge is 0.237 e. The second-order valence-electron chi connectivity index (χ2n) is 7.80. The minimum atomic E-state index is -0.579. The van der Waals surface area contributed by atoms with Crippen molar-refractivity contribution in [2.24, 2.45) is 11.1 Å². The van der Waals surface area contributed by atoms with E-state index in [1.165, 1.54) is 5.56 Å². The summed E-state index contributed by atoms with van der Waals surface area (Å²) in [6, 6.07) is 7.64. The highest BCUT2D eigenvalue weighted by Gasteiger charge is 2.21. The Bertz CT molecular complexity index is 504. The lowest BCUT2D eigenvalue weighted by atomic mass is 9.85. The molecule has 1 aromatic carbocycles. The van der Waals surface area contributed by atoms with Crippen LogP contribution < -0.4 is 11.1 Å². The number of hydrogen-bond donors (Lipinski definition) is 3. The van der Waals surface area contributed by atoms with E-state index in [1.807, 2.05) is 26.0 Å². The minimum absolute atomic E-state index is 0.0240. The highest BCUT2D eigenvalue weighted by molar-refractivity contribution is 5.81. The van der Waals surface area contributed by atoms with Crippen molar-refractivity contribution in [2.45, 2.75) is 52.5 Å². The summed E-state index contributed by atoms with van der Waals surface area (Å²) < 4.78 is 0. The molecule has 0 aromatic heterocycles. The maximum absolute atomic E-state index is 12.1. The van der Waals surface area contributed by atoms with Crippen LogP contribution in [0.1, 0.15) is 45.7 Å². The second-order valence-corrected chi connectivity index (χ2v) is 7.80. The van der Waals surface area contributed by atoms with Crippen LogP contribution in [0.15, 0.2) is 24.3 Å². The molecule has 22 heavy (non-hydrogen) atoms. The summed E-state index contributed by atoms with van der Waals surface area (Å²) >= 11 is 0. The van der Waals surface area contributed by atoms with E-state index in [2.05, 4.69) is 38.2 Å². The molecule has 0 spiro atoms. The van der Waals surface area contributed by atoms with Crippen LogP contribution in [-0.4, -0.2) is 30.2 Å². The van der Waals surface area contributed by atoms with Crippen LogP contribution in [0.3, 0.4) is 0 Å². The van der Waals surface area contributed by atoms with E-state index in [0.717, 1.165) is 5.56 Å². The summed E-state index contributed by atoms with van der Waals surface area (Å²) in [6.45, 7) is 10.7. The molecule has 0 aliphatic heterocycles. The van der Waals surface area contributed by atoms with Gasteiger partial charge in [0.25, 0.3) is 0 Å². The largest absolute Gasteiger partial charge is 0.396 e. The Kier molecular flexibility index (Phi) is 6.15. The SMILES string of the molecule is CC(C)(CO)CNC(=O)C(N)Cc1cccc(C(C)(C)C)c1. The maximum Gasteiger partial charge on any atom is 0.237 e. The topological polar surface area (TPSA) is 75.3 Å². The highest BCUT2D eigenvalue weighted by atomic mass is 16.3. The van der Waals surface area contributed by atoms with Gasteiger partial charge in [0.1, 0.15) is 0 Å². The minimum Gasteiger partial charge on any atom is -0.396 e. The Morgan fingerprint density at radius 2 is 1.91 bits per heavy atom. The first-order chi connectivity index (χ1) is 10.0. The van der Waals surface area contributed by atoms with Gasteiger partial charge in [-0.2, -0.15) is 0 Å². The number of nitrogens with two attached hydrogens (primary N) is 1. The fourth-order valence-electron chi connectivity index (χ4n) is 2.02. The van der Waals surface area contributed by atoms with Gasteiger partial charge in [-0.1, -0.05) is 58.9 Å². The average Bonchev–Trinajstić information content (AvgIpc) is 2.44. The third-order valence-corrected chi connectivity index (χ3v) is 3.75. The number of carbonyl (C=O) groups is 1. The lowest BCUT2D eigenvalue weighted by Gasteiger charge is -2.23. The van der Waals surface area contributed by atoms with Gasteiger partial charge in [0.05, 0.1) is 6.04 Å². The van der Waals surface area contributed by atoms with Gasteiger partial charge >= 0.3 is 0 Å². The van der Waals surface area contributed by atoms with Crippen LogP contribution in [0, 0.1) is 5.41 Å². The van der Waals surface area contributed by atoms with Crippen LogP contribution in [0.25, 0.3) is 0 Å². The summed E-state index contributed by atoms with van der Waals surface area (Å²) in [5, 5.41) is 12.0. The Hall–Kier alpha value is -1.39. The molecule has 1 rings (SSSR count). The number of aliphatic hydroxyl groups is 1. The molecule has 1 aromatic rings. The summed E-state index contributed by atoms with van der Waals surface area (Å²) in [4.78, 5) is 12.1. The summed E-state index contributed by atoms with van der Waals surface area (Å²) in [7, 11) is 0. The highest BCUT2D eigenvalue weighted by Crippen LogP contribution is 2.23. The molecule has 0 radical (unpaired) electrons. The van der Waals surface area contributed by atoms with Crippen LogP contribution in [-0.2, 0) is 16.6 Å². The number of amides is 1. The average molecular weight is 306 g/mol. The molecule has 4 nitrogen and oxygen atoms in total. The van der Waals surface area contributed by atoms with Gasteiger partial charge in [-0.15, -0.1) is 0 Å². The van der Waals surface area contributed by atoms with Crippen molar-refractivity contribution in [1.82, 2.24) is 5.32 Å². The number of aliphatic hydroxyl groups excluding tert-OH is 1. The van der Waals surface area contributed by atoms with E-state index in [-0.39, 0.29) is 23.3 Å². The van der Waals surface area contributed by atoms with Crippen molar-refractivity contribution in [3.8, 4) is 0 Å². The number of rotatable bonds is 6. The molecule has 0 aliphatic carbocycles. The van der Waals surface area contributed by atoms with E-state index in [9.17, 15) is 9.90 Å². The first-order valence-electron chi connectivity index (χ1n) is 7.79. The molecule has 0 bridgehead atoms. The van der Waals surface area contributed by atoms with Gasteiger partial charge in [-0.05, 0) is 23.0 Å².